The smallest absolute Gasteiger partial charge is 0.0584 e. The summed E-state index contributed by atoms with van der Waals surface area (Å²) in [6.45, 7) is 1.88. The van der Waals surface area contributed by atoms with Gasteiger partial charge in [0.1, 0.15) is 0 Å². The summed E-state index contributed by atoms with van der Waals surface area (Å²) in [6.07, 6.45) is 0.719. The van der Waals surface area contributed by atoms with Gasteiger partial charge in [0.15, 0.2) is 0 Å². The zero-order valence-electron chi connectivity index (χ0n) is 8.77. The van der Waals surface area contributed by atoms with E-state index in [0.29, 0.717) is 0 Å². The maximum Gasteiger partial charge on any atom is 0.0584 e. The van der Waals surface area contributed by atoms with Crippen LogP contribution in [-0.4, -0.2) is 11.2 Å². The Morgan fingerprint density at radius 3 is 2.67 bits per heavy atom. The van der Waals surface area contributed by atoms with Crippen molar-refractivity contribution in [2.75, 3.05) is 0 Å². The summed E-state index contributed by atoms with van der Waals surface area (Å²) in [6, 6.07) is 12.8. The van der Waals surface area contributed by atoms with Crippen LogP contribution in [0.4, 0.5) is 0 Å². The number of rotatable bonds is 1. The standard InChI is InChI=1S/C14H14O/c1-9(15)13-8-11-6-2-4-10-5-3-7-12(13)14(10)11/h2-7,9,13,15H,8H2,1H3. The SMILES string of the molecule is CC(O)C1Cc2cccc3cccc1c23. The summed E-state index contributed by atoms with van der Waals surface area (Å²) in [7, 11) is 0. The number of hydrogen-bond donors (Lipinski definition) is 1. The quantitative estimate of drug-likeness (QED) is 0.747. The van der Waals surface area contributed by atoms with Crippen LogP contribution in [0.3, 0.4) is 0 Å². The highest BCUT2D eigenvalue weighted by Crippen LogP contribution is 2.39. The Balaban J connectivity index is 2.31. The first-order chi connectivity index (χ1) is 7.27. The van der Waals surface area contributed by atoms with Crippen molar-refractivity contribution in [2.24, 2.45) is 0 Å². The lowest BCUT2D eigenvalue weighted by molar-refractivity contribution is 0.164. The van der Waals surface area contributed by atoms with Gasteiger partial charge >= 0.3 is 0 Å². The maximum atomic E-state index is 9.78. The van der Waals surface area contributed by atoms with Crippen molar-refractivity contribution >= 4 is 10.8 Å². The van der Waals surface area contributed by atoms with Crippen molar-refractivity contribution in [3.63, 3.8) is 0 Å². The minimum atomic E-state index is -0.261. The Bertz CT molecular complexity index is 508. The largest absolute Gasteiger partial charge is 0.393 e. The fourth-order valence-electron chi connectivity index (χ4n) is 2.71. The molecule has 0 bridgehead atoms. The molecule has 1 aliphatic rings. The average molecular weight is 198 g/mol. The van der Waals surface area contributed by atoms with Crippen LogP contribution in [0.15, 0.2) is 36.4 Å². The molecule has 0 heterocycles. The van der Waals surface area contributed by atoms with Crippen LogP contribution >= 0.6 is 0 Å². The molecule has 0 saturated heterocycles. The van der Waals surface area contributed by atoms with Gasteiger partial charge in [-0.05, 0) is 35.2 Å². The lowest BCUT2D eigenvalue weighted by Gasteiger charge is -2.14. The molecule has 0 spiro atoms. The first-order valence-corrected chi connectivity index (χ1v) is 5.46. The van der Waals surface area contributed by atoms with E-state index in [9.17, 15) is 5.11 Å². The zero-order chi connectivity index (χ0) is 10.4. The second kappa shape index (κ2) is 3.07. The van der Waals surface area contributed by atoms with E-state index in [0.717, 1.165) is 6.42 Å². The highest BCUT2D eigenvalue weighted by atomic mass is 16.3. The molecular weight excluding hydrogens is 184 g/mol. The minimum Gasteiger partial charge on any atom is -0.393 e. The van der Waals surface area contributed by atoms with Crippen LogP contribution in [0.5, 0.6) is 0 Å². The topological polar surface area (TPSA) is 20.2 Å². The fourth-order valence-corrected chi connectivity index (χ4v) is 2.71. The fraction of sp³-hybridized carbons (Fsp3) is 0.286. The van der Waals surface area contributed by atoms with Crippen LogP contribution in [0.1, 0.15) is 24.0 Å². The first-order valence-electron chi connectivity index (χ1n) is 5.46. The second-order valence-electron chi connectivity index (χ2n) is 4.41. The van der Waals surface area contributed by atoms with Crippen molar-refractivity contribution in [1.82, 2.24) is 0 Å². The summed E-state index contributed by atoms with van der Waals surface area (Å²) in [5.41, 5.74) is 2.70. The monoisotopic (exact) mass is 198 g/mol. The van der Waals surface area contributed by atoms with Gasteiger partial charge in [0.25, 0.3) is 0 Å². The second-order valence-corrected chi connectivity index (χ2v) is 4.41. The van der Waals surface area contributed by atoms with Gasteiger partial charge < -0.3 is 5.11 Å². The van der Waals surface area contributed by atoms with Crippen molar-refractivity contribution < 1.29 is 5.11 Å². The number of aliphatic hydroxyl groups excluding tert-OH is 1. The number of hydrogen-bond acceptors (Lipinski definition) is 1. The van der Waals surface area contributed by atoms with Crippen LogP contribution in [-0.2, 0) is 6.42 Å². The first kappa shape index (κ1) is 8.93. The van der Waals surface area contributed by atoms with Crippen molar-refractivity contribution in [3.8, 4) is 0 Å². The summed E-state index contributed by atoms with van der Waals surface area (Å²) in [5.74, 6) is 0.283. The Labute approximate surface area is 89.4 Å². The van der Waals surface area contributed by atoms with Gasteiger partial charge in [0.2, 0.25) is 0 Å². The van der Waals surface area contributed by atoms with Crippen LogP contribution in [0.25, 0.3) is 10.8 Å². The molecule has 15 heavy (non-hydrogen) atoms. The molecule has 2 unspecified atom stereocenters. The van der Waals surface area contributed by atoms with E-state index in [-0.39, 0.29) is 12.0 Å². The molecule has 3 rings (SSSR count). The van der Waals surface area contributed by atoms with Crippen molar-refractivity contribution in [2.45, 2.75) is 25.4 Å². The summed E-state index contributed by atoms with van der Waals surface area (Å²) in [5, 5.41) is 12.4. The molecule has 0 fully saturated rings. The Morgan fingerprint density at radius 2 is 1.93 bits per heavy atom. The summed E-state index contributed by atoms with van der Waals surface area (Å²) < 4.78 is 0. The molecule has 76 valence electrons. The van der Waals surface area contributed by atoms with E-state index < -0.39 is 0 Å². The van der Waals surface area contributed by atoms with Gasteiger partial charge in [-0.2, -0.15) is 0 Å². The Morgan fingerprint density at radius 1 is 1.20 bits per heavy atom. The van der Waals surface area contributed by atoms with Crippen molar-refractivity contribution in [3.05, 3.63) is 47.5 Å². The van der Waals surface area contributed by atoms with E-state index in [1.165, 1.54) is 21.9 Å². The van der Waals surface area contributed by atoms with E-state index >= 15 is 0 Å². The zero-order valence-corrected chi connectivity index (χ0v) is 8.77. The minimum absolute atomic E-state index is 0.261. The van der Waals surface area contributed by atoms with Gasteiger partial charge in [-0.3, -0.25) is 0 Å². The molecule has 0 radical (unpaired) electrons. The third-order valence-corrected chi connectivity index (χ3v) is 3.44. The molecule has 2 aromatic rings. The molecule has 1 nitrogen and oxygen atoms in total. The maximum absolute atomic E-state index is 9.78. The lowest BCUT2D eigenvalue weighted by atomic mass is 9.95. The van der Waals surface area contributed by atoms with Crippen LogP contribution in [0.2, 0.25) is 0 Å². The molecule has 1 heteroatoms. The van der Waals surface area contributed by atoms with Crippen LogP contribution < -0.4 is 0 Å². The highest BCUT2D eigenvalue weighted by Gasteiger charge is 2.27. The Hall–Kier alpha value is -1.34. The van der Waals surface area contributed by atoms with E-state index in [2.05, 4.69) is 36.4 Å². The molecule has 2 atom stereocenters. The Kier molecular flexibility index (Phi) is 1.83. The molecule has 0 amide bonds. The summed E-state index contributed by atoms with van der Waals surface area (Å²) >= 11 is 0. The average Bonchev–Trinajstić information content (AvgIpc) is 2.61. The highest BCUT2D eigenvalue weighted by molar-refractivity contribution is 5.91. The van der Waals surface area contributed by atoms with E-state index in [1.807, 2.05) is 6.92 Å². The molecule has 2 aromatic carbocycles. The van der Waals surface area contributed by atoms with Gasteiger partial charge in [0.05, 0.1) is 6.10 Å². The molecule has 0 aliphatic heterocycles. The van der Waals surface area contributed by atoms with Gasteiger partial charge in [-0.1, -0.05) is 36.4 Å². The van der Waals surface area contributed by atoms with Crippen LogP contribution in [0, 0.1) is 0 Å². The number of benzene rings is 2. The molecule has 1 aliphatic carbocycles. The lowest BCUT2D eigenvalue weighted by Crippen LogP contribution is -2.13. The predicted molar refractivity (Wildman–Crippen MR) is 62.1 cm³/mol. The molecule has 0 aromatic heterocycles. The van der Waals surface area contributed by atoms with Crippen molar-refractivity contribution in [1.29, 1.82) is 0 Å². The molecular formula is C14H14O. The number of aliphatic hydroxyl groups is 1. The molecule has 1 N–H and O–H groups in total. The van der Waals surface area contributed by atoms with Gasteiger partial charge in [0, 0.05) is 5.92 Å². The third-order valence-electron chi connectivity index (χ3n) is 3.44. The van der Waals surface area contributed by atoms with E-state index in [4.69, 9.17) is 0 Å². The predicted octanol–water partition coefficient (Wildman–Crippen LogP) is 2.86. The van der Waals surface area contributed by atoms with Gasteiger partial charge in [-0.15, -0.1) is 0 Å². The molecule has 0 saturated carbocycles. The third kappa shape index (κ3) is 1.20. The summed E-state index contributed by atoms with van der Waals surface area (Å²) in [4.78, 5) is 0. The van der Waals surface area contributed by atoms with E-state index in [1.54, 1.807) is 0 Å². The normalized spacial score (nSPS) is 20.8. The van der Waals surface area contributed by atoms with Gasteiger partial charge in [-0.25, -0.2) is 0 Å².